The van der Waals surface area contributed by atoms with E-state index >= 15 is 0 Å². The van der Waals surface area contributed by atoms with Crippen molar-refractivity contribution >= 4 is 33.2 Å². The van der Waals surface area contributed by atoms with Crippen LogP contribution in [0.15, 0.2) is 41.3 Å². The Bertz CT molecular complexity index is 1100. The Morgan fingerprint density at radius 3 is 2.50 bits per heavy atom. The number of benzene rings is 2. The molecule has 2 rings (SSSR count). The van der Waals surface area contributed by atoms with Gasteiger partial charge >= 0.3 is 0 Å². The van der Waals surface area contributed by atoms with Gasteiger partial charge in [0.25, 0.3) is 0 Å². The van der Waals surface area contributed by atoms with E-state index in [-0.39, 0.29) is 28.9 Å². The molecule has 172 valence electrons. The Kier molecular flexibility index (Phi) is 9.32. The van der Waals surface area contributed by atoms with Crippen LogP contribution in [0.3, 0.4) is 0 Å². The number of halogens is 1. The summed E-state index contributed by atoms with van der Waals surface area (Å²) < 4.78 is 37.7. The Morgan fingerprint density at radius 2 is 1.88 bits per heavy atom. The van der Waals surface area contributed by atoms with Crippen LogP contribution in [-0.4, -0.2) is 45.4 Å². The predicted octanol–water partition coefficient (Wildman–Crippen LogP) is 4.05. The Hall–Kier alpha value is -2.80. The van der Waals surface area contributed by atoms with Gasteiger partial charge in [-0.25, -0.2) is 8.42 Å². The zero-order valence-electron chi connectivity index (χ0n) is 18.2. The molecule has 0 saturated heterocycles. The first-order valence-electron chi connectivity index (χ1n) is 10.1. The van der Waals surface area contributed by atoms with Crippen LogP contribution < -0.4 is 14.8 Å². The molecule has 0 heterocycles. The summed E-state index contributed by atoms with van der Waals surface area (Å²) in [6.45, 7) is 4.38. The largest absolute Gasteiger partial charge is 0.493 e. The summed E-state index contributed by atoms with van der Waals surface area (Å²) in [5.74, 6) is 0.640. The summed E-state index contributed by atoms with van der Waals surface area (Å²) in [6.07, 6.45) is 0.590. The molecule has 0 fully saturated rings. The first kappa shape index (κ1) is 25.5. The summed E-state index contributed by atoms with van der Waals surface area (Å²) in [7, 11) is -2.27. The van der Waals surface area contributed by atoms with Crippen LogP contribution in [0.4, 0.5) is 5.69 Å². The maximum Gasteiger partial charge on any atom is 0.244 e. The number of ether oxygens (including phenoxy) is 2. The SMILES string of the molecule is CCN(CC)S(=O)(=O)c1cc(NC(=O)CCCOc2ccc(C#N)cc2OC)ccc1Cl. The number of hydrogen-bond acceptors (Lipinski definition) is 6. The lowest BCUT2D eigenvalue weighted by Crippen LogP contribution is -2.30. The fourth-order valence-corrected chi connectivity index (χ4v) is 4.93. The van der Waals surface area contributed by atoms with Crippen molar-refractivity contribution in [2.75, 3.05) is 32.1 Å². The van der Waals surface area contributed by atoms with Crippen molar-refractivity contribution in [3.8, 4) is 17.6 Å². The fourth-order valence-electron chi connectivity index (χ4n) is 2.98. The van der Waals surface area contributed by atoms with Crippen molar-refractivity contribution in [2.45, 2.75) is 31.6 Å². The lowest BCUT2D eigenvalue weighted by Gasteiger charge is -2.19. The number of methoxy groups -OCH3 is 1. The van der Waals surface area contributed by atoms with Gasteiger partial charge < -0.3 is 14.8 Å². The second-order valence-corrected chi connectivity index (χ2v) is 9.03. The summed E-state index contributed by atoms with van der Waals surface area (Å²) in [5, 5.41) is 11.7. The quantitative estimate of drug-likeness (QED) is 0.487. The number of carbonyl (C=O) groups excluding carboxylic acids is 1. The molecule has 1 amide bonds. The van der Waals surface area contributed by atoms with Gasteiger partial charge in [0.05, 0.1) is 30.4 Å². The summed E-state index contributed by atoms with van der Waals surface area (Å²) >= 11 is 6.12. The molecule has 0 aromatic heterocycles. The number of nitrogens with one attached hydrogen (secondary N) is 1. The second-order valence-electron chi connectivity index (χ2n) is 6.71. The van der Waals surface area contributed by atoms with E-state index in [1.54, 1.807) is 38.1 Å². The van der Waals surface area contributed by atoms with Crippen molar-refractivity contribution in [2.24, 2.45) is 0 Å². The molecule has 0 atom stereocenters. The Labute approximate surface area is 193 Å². The van der Waals surface area contributed by atoms with Crippen molar-refractivity contribution in [3.05, 3.63) is 47.0 Å². The van der Waals surface area contributed by atoms with Crippen molar-refractivity contribution in [3.63, 3.8) is 0 Å². The lowest BCUT2D eigenvalue weighted by molar-refractivity contribution is -0.116. The van der Waals surface area contributed by atoms with Gasteiger partial charge in [0.2, 0.25) is 15.9 Å². The third kappa shape index (κ3) is 6.36. The van der Waals surface area contributed by atoms with Crippen LogP contribution >= 0.6 is 11.6 Å². The zero-order chi connectivity index (χ0) is 23.7. The third-order valence-electron chi connectivity index (χ3n) is 4.64. The maximum absolute atomic E-state index is 12.8. The molecule has 0 aliphatic rings. The van der Waals surface area contributed by atoms with Crippen molar-refractivity contribution in [1.82, 2.24) is 4.31 Å². The molecule has 1 N–H and O–H groups in total. The summed E-state index contributed by atoms with van der Waals surface area (Å²) in [5.41, 5.74) is 0.804. The summed E-state index contributed by atoms with van der Waals surface area (Å²) in [6, 6.07) is 11.2. The highest BCUT2D eigenvalue weighted by molar-refractivity contribution is 7.89. The van der Waals surface area contributed by atoms with Crippen LogP contribution in [0.1, 0.15) is 32.3 Å². The number of hydrogen-bond donors (Lipinski definition) is 1. The topological polar surface area (TPSA) is 109 Å². The van der Waals surface area contributed by atoms with E-state index < -0.39 is 10.0 Å². The number of nitrogens with zero attached hydrogens (tertiary/aromatic N) is 2. The van der Waals surface area contributed by atoms with Gasteiger partial charge in [-0.05, 0) is 36.8 Å². The Morgan fingerprint density at radius 1 is 1.16 bits per heavy atom. The van der Waals surface area contributed by atoms with Crippen LogP contribution in [0.25, 0.3) is 0 Å². The van der Waals surface area contributed by atoms with E-state index in [9.17, 15) is 13.2 Å². The molecule has 2 aromatic rings. The highest BCUT2D eigenvalue weighted by atomic mass is 35.5. The van der Waals surface area contributed by atoms with Gasteiger partial charge in [0, 0.05) is 31.3 Å². The number of sulfonamides is 1. The molecule has 0 unspecified atom stereocenters. The van der Waals surface area contributed by atoms with Gasteiger partial charge in [-0.15, -0.1) is 0 Å². The van der Waals surface area contributed by atoms with Crippen molar-refractivity contribution < 1.29 is 22.7 Å². The smallest absolute Gasteiger partial charge is 0.244 e. The van der Waals surface area contributed by atoms with Gasteiger partial charge in [-0.3, -0.25) is 4.79 Å². The minimum Gasteiger partial charge on any atom is -0.493 e. The molecular weight excluding hydrogens is 454 g/mol. The highest BCUT2D eigenvalue weighted by Gasteiger charge is 2.25. The second kappa shape index (κ2) is 11.7. The molecule has 0 radical (unpaired) electrons. The standard InChI is InChI=1S/C22H26ClN3O5S/c1-4-26(5-2)32(28,29)21-14-17(9-10-18(21)23)25-22(27)7-6-12-31-19-11-8-16(15-24)13-20(19)30-3/h8-11,13-14H,4-7,12H2,1-3H3,(H,25,27). The summed E-state index contributed by atoms with van der Waals surface area (Å²) in [4.78, 5) is 12.3. The number of carbonyl (C=O) groups is 1. The van der Waals surface area contributed by atoms with E-state index in [4.69, 9.17) is 26.3 Å². The molecule has 0 spiro atoms. The fraction of sp³-hybridized carbons (Fsp3) is 0.364. The maximum atomic E-state index is 12.8. The van der Waals surface area contributed by atoms with Crippen LogP contribution in [0.5, 0.6) is 11.5 Å². The lowest BCUT2D eigenvalue weighted by atomic mass is 10.2. The molecular formula is C22H26ClN3O5S. The minimum atomic E-state index is -3.76. The molecule has 8 nitrogen and oxygen atoms in total. The molecule has 0 aliphatic heterocycles. The van der Waals surface area contributed by atoms with E-state index in [1.807, 2.05) is 6.07 Å². The van der Waals surface area contributed by atoms with E-state index in [0.717, 1.165) is 0 Å². The van der Waals surface area contributed by atoms with Crippen molar-refractivity contribution in [1.29, 1.82) is 5.26 Å². The molecule has 2 aromatic carbocycles. The normalized spacial score (nSPS) is 11.1. The van der Waals surface area contributed by atoms with E-state index in [1.165, 1.54) is 23.5 Å². The predicted molar refractivity (Wildman–Crippen MR) is 123 cm³/mol. The van der Waals surface area contributed by atoms with Crippen LogP contribution in [0, 0.1) is 11.3 Å². The number of anilines is 1. The third-order valence-corrected chi connectivity index (χ3v) is 7.17. The van der Waals surface area contributed by atoms with Gasteiger partial charge in [0.15, 0.2) is 11.5 Å². The zero-order valence-corrected chi connectivity index (χ0v) is 19.8. The van der Waals surface area contributed by atoms with Crippen LogP contribution in [0.2, 0.25) is 5.02 Å². The average molecular weight is 480 g/mol. The first-order chi connectivity index (χ1) is 15.3. The van der Waals surface area contributed by atoms with Gasteiger partial charge in [-0.1, -0.05) is 25.4 Å². The van der Waals surface area contributed by atoms with Gasteiger partial charge in [0.1, 0.15) is 4.90 Å². The monoisotopic (exact) mass is 479 g/mol. The number of rotatable bonds is 11. The van der Waals surface area contributed by atoms with E-state index in [0.29, 0.717) is 42.3 Å². The molecule has 32 heavy (non-hydrogen) atoms. The average Bonchev–Trinajstić information content (AvgIpc) is 2.78. The molecule has 0 bridgehead atoms. The molecule has 0 aliphatic carbocycles. The Balaban J connectivity index is 1.96. The molecule has 0 saturated carbocycles. The number of amides is 1. The van der Waals surface area contributed by atoms with E-state index in [2.05, 4.69) is 5.32 Å². The number of nitriles is 1. The minimum absolute atomic E-state index is 0.0445. The highest BCUT2D eigenvalue weighted by Crippen LogP contribution is 2.29. The first-order valence-corrected chi connectivity index (χ1v) is 11.9. The van der Waals surface area contributed by atoms with Gasteiger partial charge in [-0.2, -0.15) is 9.57 Å². The molecule has 10 heteroatoms. The van der Waals surface area contributed by atoms with Crippen LogP contribution in [-0.2, 0) is 14.8 Å².